The Morgan fingerprint density at radius 3 is 2.74 bits per heavy atom. The molecule has 2 N–H and O–H groups in total. The van der Waals surface area contributed by atoms with Crippen molar-refractivity contribution in [1.29, 1.82) is 0 Å². The molecule has 2 aromatic heterocycles. The van der Waals surface area contributed by atoms with E-state index < -0.39 is 0 Å². The molecule has 1 fully saturated rings. The zero-order valence-corrected chi connectivity index (χ0v) is 19.1. The second kappa shape index (κ2) is 8.94. The van der Waals surface area contributed by atoms with E-state index in [0.717, 1.165) is 60.4 Å². The van der Waals surface area contributed by atoms with E-state index in [9.17, 15) is 0 Å². The molecule has 1 aliphatic carbocycles. The summed E-state index contributed by atoms with van der Waals surface area (Å²) in [5.74, 6) is 0. The number of thiazole rings is 1. The first kappa shape index (κ1) is 20.4. The third-order valence-electron chi connectivity index (χ3n) is 6.14. The second-order valence-corrected chi connectivity index (χ2v) is 9.30. The number of aromatic nitrogens is 3. The van der Waals surface area contributed by atoms with Crippen LogP contribution < -0.4 is 10.6 Å². The third kappa shape index (κ3) is 4.44. The Morgan fingerprint density at radius 1 is 1.13 bits per heavy atom. The van der Waals surface area contributed by atoms with Crippen molar-refractivity contribution in [3.05, 3.63) is 52.7 Å². The normalized spacial score (nSPS) is 16.1. The van der Waals surface area contributed by atoms with Gasteiger partial charge in [0.05, 0.1) is 23.6 Å². The molecule has 162 valence electrons. The maximum absolute atomic E-state index is 4.89. The molecule has 0 radical (unpaired) electrons. The van der Waals surface area contributed by atoms with Crippen LogP contribution in [-0.2, 0) is 13.1 Å². The van der Waals surface area contributed by atoms with Crippen LogP contribution in [0.15, 0.2) is 47.0 Å². The first-order valence-corrected chi connectivity index (χ1v) is 12.1. The van der Waals surface area contributed by atoms with Gasteiger partial charge in [0.1, 0.15) is 0 Å². The molecule has 0 spiro atoms. The lowest BCUT2D eigenvalue weighted by molar-refractivity contribution is 0.259. The van der Waals surface area contributed by atoms with Crippen molar-refractivity contribution in [3.63, 3.8) is 0 Å². The number of rotatable bonds is 7. The highest BCUT2D eigenvalue weighted by atomic mass is 32.1. The molecule has 0 amide bonds. The van der Waals surface area contributed by atoms with Gasteiger partial charge >= 0.3 is 0 Å². The predicted octanol–water partition coefficient (Wildman–Crippen LogP) is 4.58. The molecular formula is C24H30N6S. The third-order valence-corrected chi connectivity index (χ3v) is 6.90. The fraction of sp³-hybridized carbons (Fsp3) is 0.417. The van der Waals surface area contributed by atoms with Crippen LogP contribution in [0.3, 0.4) is 0 Å². The topological polar surface area (TPSA) is 58.0 Å². The Labute approximate surface area is 188 Å². The number of hydrogen-bond acceptors (Lipinski definition) is 6. The van der Waals surface area contributed by atoms with Gasteiger partial charge in [-0.15, -0.1) is 11.3 Å². The number of nitrogens with zero attached hydrogens (tertiary/aromatic N) is 4. The minimum Gasteiger partial charge on any atom is -0.334 e. The molecule has 31 heavy (non-hydrogen) atoms. The average molecular weight is 435 g/mol. The molecule has 0 saturated heterocycles. The highest BCUT2D eigenvalue weighted by Crippen LogP contribution is 2.32. The predicted molar refractivity (Wildman–Crippen MR) is 128 cm³/mol. The van der Waals surface area contributed by atoms with E-state index in [1.807, 2.05) is 0 Å². The smallest absolute Gasteiger partial charge is 0.187 e. The number of nitrogens with one attached hydrogen (secondary N) is 2. The molecule has 5 rings (SSSR count). The zero-order chi connectivity index (χ0) is 21.2. The van der Waals surface area contributed by atoms with Gasteiger partial charge in [-0.05, 0) is 50.6 Å². The van der Waals surface area contributed by atoms with Crippen LogP contribution >= 0.6 is 11.3 Å². The van der Waals surface area contributed by atoms with E-state index in [-0.39, 0.29) is 0 Å². The Hall–Kier alpha value is -2.48. The molecule has 0 atom stereocenters. The maximum Gasteiger partial charge on any atom is 0.187 e. The maximum atomic E-state index is 4.89. The van der Waals surface area contributed by atoms with Gasteiger partial charge in [0.2, 0.25) is 0 Å². The van der Waals surface area contributed by atoms with E-state index in [2.05, 4.69) is 69.9 Å². The van der Waals surface area contributed by atoms with Gasteiger partial charge in [-0.3, -0.25) is 9.58 Å². The summed E-state index contributed by atoms with van der Waals surface area (Å²) >= 11 is 1.67. The lowest BCUT2D eigenvalue weighted by Crippen LogP contribution is -2.30. The number of anilines is 1. The van der Waals surface area contributed by atoms with Crippen molar-refractivity contribution in [2.45, 2.75) is 39.3 Å². The first-order valence-electron chi connectivity index (χ1n) is 11.2. The fourth-order valence-electron chi connectivity index (χ4n) is 4.13. The van der Waals surface area contributed by atoms with Crippen molar-refractivity contribution in [2.75, 3.05) is 32.0 Å². The van der Waals surface area contributed by atoms with Crippen LogP contribution in [0.25, 0.3) is 22.5 Å². The zero-order valence-electron chi connectivity index (χ0n) is 18.3. The van der Waals surface area contributed by atoms with Crippen molar-refractivity contribution >= 4 is 16.5 Å². The Bertz CT molecular complexity index is 1090. The summed E-state index contributed by atoms with van der Waals surface area (Å²) in [6.45, 7) is 6.97. The van der Waals surface area contributed by atoms with Crippen LogP contribution in [0.4, 0.5) is 5.13 Å². The van der Waals surface area contributed by atoms with Crippen LogP contribution in [0.5, 0.6) is 0 Å². The summed E-state index contributed by atoms with van der Waals surface area (Å²) in [6, 6.07) is 10.8. The molecule has 3 heterocycles. The van der Waals surface area contributed by atoms with Gasteiger partial charge in [0.25, 0.3) is 0 Å². The van der Waals surface area contributed by atoms with Crippen molar-refractivity contribution in [2.24, 2.45) is 0 Å². The van der Waals surface area contributed by atoms with Gasteiger partial charge < -0.3 is 10.6 Å². The lowest BCUT2D eigenvalue weighted by Gasteiger charge is -2.22. The molecule has 6 nitrogen and oxygen atoms in total. The molecule has 1 aliphatic heterocycles. The quantitative estimate of drug-likeness (QED) is 0.570. The molecular weight excluding hydrogens is 404 g/mol. The van der Waals surface area contributed by atoms with E-state index in [1.165, 1.54) is 36.2 Å². The summed E-state index contributed by atoms with van der Waals surface area (Å²) in [5, 5.41) is 15.0. The monoisotopic (exact) mass is 434 g/mol. The second-order valence-electron chi connectivity index (χ2n) is 8.44. The highest BCUT2D eigenvalue weighted by molar-refractivity contribution is 7.14. The van der Waals surface area contributed by atoms with Gasteiger partial charge in [0.15, 0.2) is 5.13 Å². The summed E-state index contributed by atoms with van der Waals surface area (Å²) in [7, 11) is 2.16. The average Bonchev–Trinajstić information content (AvgIpc) is 3.37. The number of hydrogen-bond donors (Lipinski definition) is 2. The Balaban J connectivity index is 1.36. The van der Waals surface area contributed by atoms with Crippen molar-refractivity contribution in [1.82, 2.24) is 25.0 Å². The van der Waals surface area contributed by atoms with E-state index in [1.54, 1.807) is 11.3 Å². The molecule has 0 bridgehead atoms. The standard InChI is InChI=1S/C24H30N6S/c1-3-25-14-22(17-6-4-7-17)26-24-27-23(16-31-24)19-9-5-8-18(12-19)21-13-20-15-29(2)10-11-30(20)28-21/h5,8-9,12-13,16,25H,3-4,6-7,10-11,14-15H2,1-2H3,(H,26,27). The van der Waals surface area contributed by atoms with Crippen LogP contribution in [0.1, 0.15) is 31.9 Å². The van der Waals surface area contributed by atoms with Crippen LogP contribution in [0, 0.1) is 0 Å². The number of allylic oxidation sites excluding steroid dienone is 1. The Kier molecular flexibility index (Phi) is 5.89. The van der Waals surface area contributed by atoms with Crippen LogP contribution in [-0.4, -0.2) is 46.3 Å². The fourth-order valence-corrected chi connectivity index (χ4v) is 4.88. The van der Waals surface area contributed by atoms with E-state index >= 15 is 0 Å². The number of likely N-dealkylation sites (N-methyl/N-ethyl adjacent to an activating group) is 2. The summed E-state index contributed by atoms with van der Waals surface area (Å²) in [6.07, 6.45) is 3.72. The van der Waals surface area contributed by atoms with Gasteiger partial charge in [-0.25, -0.2) is 4.98 Å². The summed E-state index contributed by atoms with van der Waals surface area (Å²) < 4.78 is 2.15. The number of fused-ring (bicyclic) bond motifs is 1. The minimum atomic E-state index is 0.885. The largest absolute Gasteiger partial charge is 0.334 e. The summed E-state index contributed by atoms with van der Waals surface area (Å²) in [4.78, 5) is 7.23. The van der Waals surface area contributed by atoms with Gasteiger partial charge in [-0.1, -0.05) is 25.1 Å². The molecule has 1 saturated carbocycles. The molecule has 2 aliphatic rings. The molecule has 7 heteroatoms. The van der Waals surface area contributed by atoms with E-state index in [0.29, 0.717) is 0 Å². The van der Waals surface area contributed by atoms with E-state index in [4.69, 9.17) is 10.1 Å². The minimum absolute atomic E-state index is 0.885. The van der Waals surface area contributed by atoms with Gasteiger partial charge in [-0.2, -0.15) is 5.10 Å². The lowest BCUT2D eigenvalue weighted by atomic mass is 9.90. The van der Waals surface area contributed by atoms with Gasteiger partial charge in [0, 0.05) is 41.8 Å². The molecule has 3 aromatic rings. The first-order chi connectivity index (χ1) is 15.2. The number of benzene rings is 1. The molecule has 0 unspecified atom stereocenters. The Morgan fingerprint density at radius 2 is 1.97 bits per heavy atom. The summed E-state index contributed by atoms with van der Waals surface area (Å²) in [5.41, 5.74) is 8.46. The molecule has 1 aromatic carbocycles. The SMILES string of the molecule is CCNCC(Nc1nc(-c2cccc(-c3cc4n(n3)CCN(C)C4)c2)cs1)=C1CCC1. The highest BCUT2D eigenvalue weighted by Gasteiger charge is 2.18. The van der Waals surface area contributed by atoms with Crippen LogP contribution in [0.2, 0.25) is 0 Å². The van der Waals surface area contributed by atoms with Crippen molar-refractivity contribution < 1.29 is 0 Å². The van der Waals surface area contributed by atoms with Crippen molar-refractivity contribution in [3.8, 4) is 22.5 Å².